The van der Waals surface area contributed by atoms with Crippen LogP contribution in [0.5, 0.6) is 5.75 Å². The van der Waals surface area contributed by atoms with Gasteiger partial charge in [0.15, 0.2) is 0 Å². The standard InChI is InChI=1S/C18H22O2/c1-16-10-4-2-7-13-18(16)20-15-9-8-14-19-17-11-5-3-6-12-17/h2-7,10-13,16H,8-9,14-15H2,1H3. The topological polar surface area (TPSA) is 18.5 Å². The maximum Gasteiger partial charge on any atom is 0.119 e. The van der Waals surface area contributed by atoms with Gasteiger partial charge in [-0.05, 0) is 31.1 Å². The van der Waals surface area contributed by atoms with E-state index in [2.05, 4.69) is 19.1 Å². The number of para-hydroxylation sites is 1. The van der Waals surface area contributed by atoms with Gasteiger partial charge in [-0.3, -0.25) is 0 Å². The van der Waals surface area contributed by atoms with Crippen LogP contribution in [0.3, 0.4) is 0 Å². The maximum absolute atomic E-state index is 5.83. The largest absolute Gasteiger partial charge is 0.497 e. The van der Waals surface area contributed by atoms with Crippen LogP contribution in [-0.4, -0.2) is 13.2 Å². The molecule has 2 rings (SSSR count). The minimum absolute atomic E-state index is 0.352. The van der Waals surface area contributed by atoms with Gasteiger partial charge in [0.25, 0.3) is 0 Å². The fourth-order valence-electron chi connectivity index (χ4n) is 1.97. The van der Waals surface area contributed by atoms with E-state index in [4.69, 9.17) is 9.47 Å². The number of unbranched alkanes of at least 4 members (excludes halogenated alkanes) is 1. The lowest BCUT2D eigenvalue weighted by molar-refractivity contribution is 0.178. The van der Waals surface area contributed by atoms with Gasteiger partial charge < -0.3 is 9.47 Å². The molecule has 0 N–H and O–H groups in total. The van der Waals surface area contributed by atoms with E-state index in [1.165, 1.54) is 0 Å². The van der Waals surface area contributed by atoms with Gasteiger partial charge in [-0.15, -0.1) is 0 Å². The molecule has 0 bridgehead atoms. The molecule has 1 aliphatic carbocycles. The SMILES string of the molecule is CC1C=CC=CC=C1OCCCCOc1ccccc1. The molecule has 0 amide bonds. The van der Waals surface area contributed by atoms with Gasteiger partial charge in [0, 0.05) is 5.92 Å². The molecule has 0 aromatic heterocycles. The summed E-state index contributed by atoms with van der Waals surface area (Å²) in [5, 5.41) is 0. The zero-order valence-electron chi connectivity index (χ0n) is 12.0. The third-order valence-electron chi connectivity index (χ3n) is 3.15. The molecule has 1 aliphatic rings. The third-order valence-corrected chi connectivity index (χ3v) is 3.15. The van der Waals surface area contributed by atoms with Gasteiger partial charge in [-0.2, -0.15) is 0 Å². The van der Waals surface area contributed by atoms with E-state index >= 15 is 0 Å². The van der Waals surface area contributed by atoms with Crippen molar-refractivity contribution in [3.05, 3.63) is 66.5 Å². The number of rotatable bonds is 7. The first-order valence-electron chi connectivity index (χ1n) is 7.22. The van der Waals surface area contributed by atoms with Gasteiger partial charge in [-0.1, -0.05) is 49.4 Å². The maximum atomic E-state index is 5.83. The average molecular weight is 270 g/mol. The summed E-state index contributed by atoms with van der Waals surface area (Å²) in [5.41, 5.74) is 0. The van der Waals surface area contributed by atoms with Gasteiger partial charge in [0.05, 0.1) is 13.2 Å². The highest BCUT2D eigenvalue weighted by atomic mass is 16.5. The molecule has 1 atom stereocenters. The van der Waals surface area contributed by atoms with E-state index in [0.717, 1.165) is 37.6 Å². The van der Waals surface area contributed by atoms with Crippen molar-refractivity contribution in [3.8, 4) is 5.75 Å². The zero-order valence-corrected chi connectivity index (χ0v) is 12.0. The molecule has 2 nitrogen and oxygen atoms in total. The van der Waals surface area contributed by atoms with Crippen LogP contribution < -0.4 is 4.74 Å². The summed E-state index contributed by atoms with van der Waals surface area (Å²) in [7, 11) is 0. The van der Waals surface area contributed by atoms with E-state index in [1.54, 1.807) is 0 Å². The normalized spacial score (nSPS) is 17.4. The Hall–Kier alpha value is -1.96. The van der Waals surface area contributed by atoms with Crippen LogP contribution in [0.2, 0.25) is 0 Å². The van der Waals surface area contributed by atoms with Crippen molar-refractivity contribution in [2.24, 2.45) is 5.92 Å². The van der Waals surface area contributed by atoms with E-state index in [-0.39, 0.29) is 0 Å². The van der Waals surface area contributed by atoms with Crippen LogP contribution >= 0.6 is 0 Å². The van der Waals surface area contributed by atoms with Gasteiger partial charge in [0.1, 0.15) is 11.5 Å². The number of hydrogen-bond donors (Lipinski definition) is 0. The van der Waals surface area contributed by atoms with Crippen LogP contribution in [0, 0.1) is 5.92 Å². The quantitative estimate of drug-likeness (QED) is 0.679. The highest BCUT2D eigenvalue weighted by molar-refractivity contribution is 5.22. The number of benzene rings is 1. The molecule has 0 heterocycles. The fourth-order valence-corrected chi connectivity index (χ4v) is 1.97. The summed E-state index contributed by atoms with van der Waals surface area (Å²) in [5.74, 6) is 2.33. The summed E-state index contributed by atoms with van der Waals surface area (Å²) in [4.78, 5) is 0. The molecule has 1 aromatic carbocycles. The minimum atomic E-state index is 0.352. The summed E-state index contributed by atoms with van der Waals surface area (Å²) < 4.78 is 11.5. The lowest BCUT2D eigenvalue weighted by atomic mass is 10.1. The van der Waals surface area contributed by atoms with E-state index in [1.807, 2.05) is 48.6 Å². The second-order valence-corrected chi connectivity index (χ2v) is 4.84. The zero-order chi connectivity index (χ0) is 14.0. The summed E-state index contributed by atoms with van der Waals surface area (Å²) in [6.07, 6.45) is 12.3. The second-order valence-electron chi connectivity index (χ2n) is 4.84. The van der Waals surface area contributed by atoms with Crippen molar-refractivity contribution >= 4 is 0 Å². The molecule has 0 fully saturated rings. The fraction of sp³-hybridized carbons (Fsp3) is 0.333. The molecular formula is C18H22O2. The summed E-state index contributed by atoms with van der Waals surface area (Å²) in [6, 6.07) is 9.92. The average Bonchev–Trinajstić information content (AvgIpc) is 2.69. The lowest BCUT2D eigenvalue weighted by Gasteiger charge is -2.13. The third kappa shape index (κ3) is 4.96. The Bertz CT molecular complexity index is 471. The smallest absolute Gasteiger partial charge is 0.119 e. The van der Waals surface area contributed by atoms with E-state index in [9.17, 15) is 0 Å². The van der Waals surface area contributed by atoms with Crippen molar-refractivity contribution in [2.75, 3.05) is 13.2 Å². The first kappa shape index (κ1) is 14.4. The molecule has 2 heteroatoms. The Labute approximate surface area is 121 Å². The van der Waals surface area contributed by atoms with Crippen molar-refractivity contribution in [2.45, 2.75) is 19.8 Å². The summed E-state index contributed by atoms with van der Waals surface area (Å²) in [6.45, 7) is 3.63. The number of ether oxygens (including phenoxy) is 2. The monoisotopic (exact) mass is 270 g/mol. The number of hydrogen-bond acceptors (Lipinski definition) is 2. The lowest BCUT2D eigenvalue weighted by Crippen LogP contribution is -2.04. The molecule has 0 spiro atoms. The molecule has 20 heavy (non-hydrogen) atoms. The molecule has 0 saturated carbocycles. The molecule has 0 radical (unpaired) electrons. The van der Waals surface area contributed by atoms with E-state index in [0.29, 0.717) is 5.92 Å². The van der Waals surface area contributed by atoms with Crippen LogP contribution in [0.4, 0.5) is 0 Å². The van der Waals surface area contributed by atoms with Crippen LogP contribution in [0.15, 0.2) is 66.5 Å². The van der Waals surface area contributed by atoms with Crippen molar-refractivity contribution in [1.82, 2.24) is 0 Å². The van der Waals surface area contributed by atoms with E-state index < -0.39 is 0 Å². The number of allylic oxidation sites excluding steroid dienone is 5. The second kappa shape index (κ2) is 8.26. The minimum Gasteiger partial charge on any atom is -0.497 e. The van der Waals surface area contributed by atoms with Gasteiger partial charge in [-0.25, -0.2) is 0 Å². The first-order chi connectivity index (χ1) is 9.86. The van der Waals surface area contributed by atoms with Crippen LogP contribution in [0.1, 0.15) is 19.8 Å². The van der Waals surface area contributed by atoms with Crippen molar-refractivity contribution in [3.63, 3.8) is 0 Å². The van der Waals surface area contributed by atoms with Crippen LogP contribution in [-0.2, 0) is 4.74 Å². The Kier molecular flexibility index (Phi) is 5.97. The molecule has 1 unspecified atom stereocenters. The molecule has 0 aliphatic heterocycles. The Morgan fingerprint density at radius 3 is 2.45 bits per heavy atom. The molecule has 106 valence electrons. The Morgan fingerprint density at radius 2 is 1.65 bits per heavy atom. The summed E-state index contributed by atoms with van der Waals surface area (Å²) >= 11 is 0. The predicted octanol–water partition coefficient (Wildman–Crippen LogP) is 4.51. The molecular weight excluding hydrogens is 248 g/mol. The first-order valence-corrected chi connectivity index (χ1v) is 7.22. The Balaban J connectivity index is 1.59. The molecule has 1 aromatic rings. The molecule has 0 saturated heterocycles. The van der Waals surface area contributed by atoms with Gasteiger partial charge >= 0.3 is 0 Å². The van der Waals surface area contributed by atoms with Crippen LogP contribution in [0.25, 0.3) is 0 Å². The van der Waals surface area contributed by atoms with Gasteiger partial charge in [0.2, 0.25) is 0 Å². The predicted molar refractivity (Wildman–Crippen MR) is 82.7 cm³/mol. The highest BCUT2D eigenvalue weighted by Gasteiger charge is 2.06. The van der Waals surface area contributed by atoms with Crippen molar-refractivity contribution in [1.29, 1.82) is 0 Å². The highest BCUT2D eigenvalue weighted by Crippen LogP contribution is 2.17. The van der Waals surface area contributed by atoms with Crippen molar-refractivity contribution < 1.29 is 9.47 Å². The Morgan fingerprint density at radius 1 is 0.900 bits per heavy atom.